The van der Waals surface area contributed by atoms with E-state index < -0.39 is 11.9 Å². The van der Waals surface area contributed by atoms with Crippen molar-refractivity contribution in [2.24, 2.45) is 5.92 Å². The fraction of sp³-hybridized carbons (Fsp3) is 0.235. The highest BCUT2D eigenvalue weighted by atomic mass is 35.5. The van der Waals surface area contributed by atoms with Gasteiger partial charge in [0, 0.05) is 16.5 Å². The highest BCUT2D eigenvalue weighted by molar-refractivity contribution is 6.30. The summed E-state index contributed by atoms with van der Waals surface area (Å²) in [5.41, 5.74) is 1.71. The molecule has 0 radical (unpaired) electrons. The SMILES string of the molecule is COc1ccc(Cl)cc1C(c1ccccc1)C(C)C(=O)O. The van der Waals surface area contributed by atoms with Gasteiger partial charge >= 0.3 is 5.97 Å². The molecule has 2 aromatic carbocycles. The smallest absolute Gasteiger partial charge is 0.307 e. The first-order valence-electron chi connectivity index (χ1n) is 6.65. The van der Waals surface area contributed by atoms with Gasteiger partial charge in [-0.1, -0.05) is 48.9 Å². The Balaban J connectivity index is 2.60. The minimum absolute atomic E-state index is 0.322. The van der Waals surface area contributed by atoms with Crippen molar-refractivity contribution in [1.29, 1.82) is 0 Å². The molecule has 0 amide bonds. The van der Waals surface area contributed by atoms with Crippen molar-refractivity contribution in [2.45, 2.75) is 12.8 Å². The Morgan fingerprint density at radius 1 is 1.19 bits per heavy atom. The molecule has 2 unspecified atom stereocenters. The number of hydrogen-bond acceptors (Lipinski definition) is 2. The highest BCUT2D eigenvalue weighted by Gasteiger charge is 2.29. The Morgan fingerprint density at radius 3 is 2.43 bits per heavy atom. The second-order valence-electron chi connectivity index (χ2n) is 4.90. The molecule has 1 N–H and O–H groups in total. The molecule has 0 aliphatic rings. The topological polar surface area (TPSA) is 46.5 Å². The Labute approximate surface area is 129 Å². The van der Waals surface area contributed by atoms with E-state index in [0.29, 0.717) is 10.8 Å². The van der Waals surface area contributed by atoms with Crippen LogP contribution in [0.25, 0.3) is 0 Å². The van der Waals surface area contributed by atoms with E-state index in [-0.39, 0.29) is 5.92 Å². The standard InChI is InChI=1S/C17H17ClO3/c1-11(17(19)20)16(12-6-4-3-5-7-12)14-10-13(18)8-9-15(14)21-2/h3-11,16H,1-2H3,(H,19,20). The number of rotatable bonds is 5. The van der Waals surface area contributed by atoms with Crippen LogP contribution in [0.4, 0.5) is 0 Å². The third-order valence-electron chi connectivity index (χ3n) is 3.58. The molecule has 0 bridgehead atoms. The molecule has 0 aliphatic carbocycles. The minimum Gasteiger partial charge on any atom is -0.496 e. The molecule has 2 aromatic rings. The molecule has 21 heavy (non-hydrogen) atoms. The van der Waals surface area contributed by atoms with E-state index in [2.05, 4.69) is 0 Å². The van der Waals surface area contributed by atoms with Crippen molar-refractivity contribution in [1.82, 2.24) is 0 Å². The van der Waals surface area contributed by atoms with Crippen LogP contribution in [-0.2, 0) is 4.79 Å². The van der Waals surface area contributed by atoms with Crippen LogP contribution in [0.5, 0.6) is 5.75 Å². The van der Waals surface area contributed by atoms with Gasteiger partial charge in [0.2, 0.25) is 0 Å². The highest BCUT2D eigenvalue weighted by Crippen LogP contribution is 2.38. The number of ether oxygens (including phenoxy) is 1. The quantitative estimate of drug-likeness (QED) is 0.900. The third kappa shape index (κ3) is 3.37. The first-order chi connectivity index (χ1) is 10.0. The average Bonchev–Trinajstić information content (AvgIpc) is 2.48. The Kier molecular flexibility index (Phi) is 4.86. The van der Waals surface area contributed by atoms with Crippen LogP contribution in [0.2, 0.25) is 5.02 Å². The minimum atomic E-state index is -0.856. The average molecular weight is 305 g/mol. The summed E-state index contributed by atoms with van der Waals surface area (Å²) in [6.07, 6.45) is 0. The van der Waals surface area contributed by atoms with Gasteiger partial charge in [-0.2, -0.15) is 0 Å². The van der Waals surface area contributed by atoms with Crippen LogP contribution in [-0.4, -0.2) is 18.2 Å². The molecule has 0 fully saturated rings. The van der Waals surface area contributed by atoms with Crippen LogP contribution in [0.15, 0.2) is 48.5 Å². The summed E-state index contributed by atoms with van der Waals surface area (Å²) < 4.78 is 5.38. The monoisotopic (exact) mass is 304 g/mol. The number of carboxylic acid groups (broad SMARTS) is 1. The Hall–Kier alpha value is -2.00. The molecule has 0 heterocycles. The van der Waals surface area contributed by atoms with E-state index in [1.807, 2.05) is 30.3 Å². The predicted molar refractivity (Wildman–Crippen MR) is 83.1 cm³/mol. The largest absolute Gasteiger partial charge is 0.496 e. The predicted octanol–water partition coefficient (Wildman–Crippen LogP) is 4.20. The number of hydrogen-bond donors (Lipinski definition) is 1. The van der Waals surface area contributed by atoms with E-state index in [1.54, 1.807) is 32.2 Å². The third-order valence-corrected chi connectivity index (χ3v) is 3.81. The molecule has 3 nitrogen and oxygen atoms in total. The molecule has 0 spiro atoms. The van der Waals surface area contributed by atoms with Crippen LogP contribution in [0, 0.1) is 5.92 Å². The summed E-state index contributed by atoms with van der Waals surface area (Å²) in [4.78, 5) is 11.5. The lowest BCUT2D eigenvalue weighted by Crippen LogP contribution is -2.20. The zero-order valence-electron chi connectivity index (χ0n) is 11.9. The van der Waals surface area contributed by atoms with Crippen molar-refractivity contribution >= 4 is 17.6 Å². The van der Waals surface area contributed by atoms with Gasteiger partial charge in [-0.25, -0.2) is 0 Å². The number of benzene rings is 2. The van der Waals surface area contributed by atoms with E-state index in [1.165, 1.54) is 0 Å². The van der Waals surface area contributed by atoms with Gasteiger partial charge in [-0.15, -0.1) is 0 Å². The number of carboxylic acids is 1. The molecule has 4 heteroatoms. The fourth-order valence-electron chi connectivity index (χ4n) is 2.49. The van der Waals surface area contributed by atoms with Crippen LogP contribution in [0.3, 0.4) is 0 Å². The molecular weight excluding hydrogens is 288 g/mol. The Morgan fingerprint density at radius 2 is 1.86 bits per heavy atom. The molecular formula is C17H17ClO3. The first-order valence-corrected chi connectivity index (χ1v) is 7.03. The summed E-state index contributed by atoms with van der Waals surface area (Å²) in [6, 6.07) is 14.8. The van der Waals surface area contributed by atoms with Crippen LogP contribution >= 0.6 is 11.6 Å². The van der Waals surface area contributed by atoms with Crippen LogP contribution < -0.4 is 4.74 Å². The van der Waals surface area contributed by atoms with Crippen molar-refractivity contribution in [3.63, 3.8) is 0 Å². The van der Waals surface area contributed by atoms with Crippen molar-refractivity contribution in [3.8, 4) is 5.75 Å². The molecule has 0 saturated carbocycles. The molecule has 0 aliphatic heterocycles. The van der Waals surface area contributed by atoms with E-state index in [9.17, 15) is 9.90 Å². The maximum Gasteiger partial charge on any atom is 0.307 e. The summed E-state index contributed by atoms with van der Waals surface area (Å²) in [5.74, 6) is -1.13. The molecule has 2 atom stereocenters. The summed E-state index contributed by atoms with van der Waals surface area (Å²) in [5, 5.41) is 9.99. The maximum absolute atomic E-state index is 11.5. The van der Waals surface area contributed by atoms with Crippen molar-refractivity contribution < 1.29 is 14.6 Å². The lowest BCUT2D eigenvalue weighted by molar-refractivity contribution is -0.141. The van der Waals surface area contributed by atoms with E-state index >= 15 is 0 Å². The van der Waals surface area contributed by atoms with Gasteiger partial charge < -0.3 is 9.84 Å². The summed E-state index contributed by atoms with van der Waals surface area (Å²) in [6.45, 7) is 1.69. The number of methoxy groups -OCH3 is 1. The van der Waals surface area contributed by atoms with Gasteiger partial charge in [-0.05, 0) is 23.8 Å². The van der Waals surface area contributed by atoms with Gasteiger partial charge in [-0.3, -0.25) is 4.79 Å². The second kappa shape index (κ2) is 6.64. The maximum atomic E-state index is 11.5. The molecule has 110 valence electrons. The van der Waals surface area contributed by atoms with Crippen molar-refractivity contribution in [3.05, 3.63) is 64.7 Å². The second-order valence-corrected chi connectivity index (χ2v) is 5.34. The molecule has 0 aromatic heterocycles. The van der Waals surface area contributed by atoms with Gasteiger partial charge in [0.25, 0.3) is 0 Å². The number of halogens is 1. The van der Waals surface area contributed by atoms with Crippen molar-refractivity contribution in [2.75, 3.05) is 7.11 Å². The summed E-state index contributed by atoms with van der Waals surface area (Å²) in [7, 11) is 1.57. The van der Waals surface area contributed by atoms with E-state index in [4.69, 9.17) is 16.3 Å². The fourth-order valence-corrected chi connectivity index (χ4v) is 2.67. The Bertz CT molecular complexity index is 625. The van der Waals surface area contributed by atoms with Gasteiger partial charge in [0.15, 0.2) is 0 Å². The number of carbonyl (C=O) groups is 1. The molecule has 0 saturated heterocycles. The zero-order chi connectivity index (χ0) is 15.4. The first kappa shape index (κ1) is 15.4. The van der Waals surface area contributed by atoms with Gasteiger partial charge in [0.1, 0.15) is 5.75 Å². The van der Waals surface area contributed by atoms with Gasteiger partial charge in [0.05, 0.1) is 13.0 Å². The normalized spacial score (nSPS) is 13.5. The lowest BCUT2D eigenvalue weighted by atomic mass is 9.81. The summed E-state index contributed by atoms with van der Waals surface area (Å²) >= 11 is 6.09. The number of aliphatic carboxylic acids is 1. The zero-order valence-corrected chi connectivity index (χ0v) is 12.7. The van der Waals surface area contributed by atoms with E-state index in [0.717, 1.165) is 11.1 Å². The van der Waals surface area contributed by atoms with Crippen LogP contribution in [0.1, 0.15) is 24.0 Å². The lowest BCUT2D eigenvalue weighted by Gasteiger charge is -2.24. The molecule has 2 rings (SSSR count).